The number of nitrogens with one attached hydrogen (secondary N) is 12. The molecule has 4 rings (SSSR count). The first-order valence-corrected chi connectivity index (χ1v) is 39.0. The predicted molar refractivity (Wildman–Crippen MR) is 400 cm³/mol. The summed E-state index contributed by atoms with van der Waals surface area (Å²) in [6, 6.07) is -17.7. The van der Waals surface area contributed by atoms with E-state index in [0.29, 0.717) is 109 Å². The summed E-state index contributed by atoms with van der Waals surface area (Å²) in [5.41, 5.74) is 34.7. The van der Waals surface area contributed by atoms with Gasteiger partial charge in [-0.1, -0.05) is 0 Å². The second-order valence-corrected chi connectivity index (χ2v) is 28.4. The molecule has 4 aliphatic heterocycles. The molecule has 0 aromatic heterocycles. The molecule has 4 fully saturated rings. The van der Waals surface area contributed by atoms with Crippen LogP contribution in [0.3, 0.4) is 0 Å². The fourth-order valence-electron chi connectivity index (χ4n) is 13.6. The second-order valence-electron chi connectivity index (χ2n) is 28.4. The lowest BCUT2D eigenvalue weighted by molar-refractivity contribution is -0.151. The largest absolute Gasteiger partial charge is 0.480 e. The molecule has 4 saturated heterocycles. The SMILES string of the molecule is C[C@H](NC(=O)CNC(=O)[C@H](CO)NC(=O)[C@H](CO)NC(=O)[C@@H]1CCCN1)C(=O)N1CCC[C@H]1C(=O)N1CCC[C@H]1C(=O)N1CCC[C@H]1C(=O)N[C@@H](CO)C(=O)N[C@@H](CCCCN)C(=O)N[C@@H](CCCCN)C(=O)N[C@@H](CCCCN)C(=O)N[C@@H](CCCCN)C(=O)N[C@@H](CCCCN)C(=O)N[C@@H](CCCCN)C(=O)O. The Morgan fingerprint density at radius 1 is 0.364 bits per heavy atom. The molecule has 4 heterocycles. The van der Waals surface area contributed by atoms with E-state index in [0.717, 1.165) is 6.42 Å². The molecule has 0 unspecified atom stereocenters. The number of nitrogens with zero attached hydrogens (tertiary/aromatic N) is 3. The van der Waals surface area contributed by atoms with Crippen LogP contribution in [-0.4, -0.2) is 300 Å². The molecule has 14 atom stereocenters. The van der Waals surface area contributed by atoms with Crippen molar-refractivity contribution in [2.24, 2.45) is 34.4 Å². The van der Waals surface area contributed by atoms with Gasteiger partial charge in [-0.3, -0.25) is 67.1 Å². The number of rotatable bonds is 53. The first-order chi connectivity index (χ1) is 52.8. The van der Waals surface area contributed by atoms with Gasteiger partial charge in [0.25, 0.3) is 0 Å². The molecular weight excluding hydrogens is 1440 g/mol. The van der Waals surface area contributed by atoms with Crippen molar-refractivity contribution in [3.05, 3.63) is 0 Å². The van der Waals surface area contributed by atoms with E-state index >= 15 is 0 Å². The van der Waals surface area contributed by atoms with Gasteiger partial charge in [-0.25, -0.2) is 4.79 Å². The lowest BCUT2D eigenvalue weighted by atomic mass is 10.0. The molecule has 0 aliphatic carbocycles. The van der Waals surface area contributed by atoms with E-state index in [1.807, 2.05) is 0 Å². The number of aliphatic hydroxyl groups is 3. The Bertz CT molecular complexity index is 3010. The summed E-state index contributed by atoms with van der Waals surface area (Å²) in [5, 5.41) is 71.1. The number of aliphatic hydroxyl groups excluding tert-OH is 3. The van der Waals surface area contributed by atoms with Crippen LogP contribution in [0, 0.1) is 0 Å². The van der Waals surface area contributed by atoms with Gasteiger partial charge in [0.05, 0.1) is 32.4 Å². The maximum atomic E-state index is 14.6. The van der Waals surface area contributed by atoms with Gasteiger partial charge in [-0.15, -0.1) is 0 Å². The Kier molecular flexibility index (Phi) is 43.8. The molecular formula is C70H125N21O19. The summed E-state index contributed by atoms with van der Waals surface area (Å²) in [6.07, 6.45) is 7.82. The highest BCUT2D eigenvalue weighted by Gasteiger charge is 2.47. The molecule has 14 amide bonds. The summed E-state index contributed by atoms with van der Waals surface area (Å²) in [6.45, 7) is 0.363. The lowest BCUT2D eigenvalue weighted by Gasteiger charge is -2.34. The van der Waals surface area contributed by atoms with Crippen molar-refractivity contribution in [2.75, 3.05) is 91.8 Å². The second kappa shape index (κ2) is 51.2. The molecule has 0 saturated carbocycles. The van der Waals surface area contributed by atoms with Crippen molar-refractivity contribution in [3.8, 4) is 0 Å². The van der Waals surface area contributed by atoms with Crippen molar-refractivity contribution in [3.63, 3.8) is 0 Å². The first kappa shape index (κ1) is 94.0. The van der Waals surface area contributed by atoms with Gasteiger partial charge < -0.3 is 133 Å². The highest BCUT2D eigenvalue weighted by Crippen LogP contribution is 2.29. The van der Waals surface area contributed by atoms with Crippen molar-refractivity contribution in [1.29, 1.82) is 0 Å². The zero-order valence-electron chi connectivity index (χ0n) is 63.6. The maximum Gasteiger partial charge on any atom is 0.326 e. The highest BCUT2D eigenvalue weighted by atomic mass is 16.4. The van der Waals surface area contributed by atoms with Gasteiger partial charge in [0, 0.05) is 19.6 Å². The minimum absolute atomic E-state index is 0.00744. The summed E-state index contributed by atoms with van der Waals surface area (Å²) in [5.74, 6) is -12.2. The molecule has 0 spiro atoms. The minimum atomic E-state index is -1.69. The van der Waals surface area contributed by atoms with Crippen LogP contribution in [0.5, 0.6) is 0 Å². The third-order valence-corrected chi connectivity index (χ3v) is 19.9. The number of unbranched alkanes of at least 4 members (excludes halogenated alkanes) is 6. The molecule has 4 aliphatic rings. The van der Waals surface area contributed by atoms with Gasteiger partial charge in [0.2, 0.25) is 82.7 Å². The number of nitrogens with two attached hydrogens (primary N) is 6. The Hall–Kier alpha value is -8.35. The van der Waals surface area contributed by atoms with E-state index in [-0.39, 0.29) is 117 Å². The highest BCUT2D eigenvalue weighted by molar-refractivity contribution is 6.00. The number of likely N-dealkylation sites (tertiary alicyclic amines) is 3. The Morgan fingerprint density at radius 3 is 1.03 bits per heavy atom. The van der Waals surface area contributed by atoms with Crippen LogP contribution in [0.4, 0.5) is 0 Å². The van der Waals surface area contributed by atoms with Gasteiger partial charge >= 0.3 is 5.97 Å². The quantitative estimate of drug-likeness (QED) is 0.0252. The smallest absolute Gasteiger partial charge is 0.326 e. The average molecular weight is 1560 g/mol. The summed E-state index contributed by atoms with van der Waals surface area (Å²) >= 11 is 0. The number of carbonyl (C=O) groups is 15. The Balaban J connectivity index is 1.43. The maximum absolute atomic E-state index is 14.6. The number of hydrogen-bond acceptors (Lipinski definition) is 25. The van der Waals surface area contributed by atoms with Crippen molar-refractivity contribution in [1.82, 2.24) is 78.5 Å². The fraction of sp³-hybridized carbons (Fsp3) is 0.786. The van der Waals surface area contributed by atoms with Crippen LogP contribution < -0.4 is 98.2 Å². The zero-order valence-corrected chi connectivity index (χ0v) is 63.6. The molecule has 40 heteroatoms. The van der Waals surface area contributed by atoms with Crippen LogP contribution >= 0.6 is 0 Å². The molecule has 0 bridgehead atoms. The third-order valence-electron chi connectivity index (χ3n) is 19.9. The number of carboxylic acids is 1. The molecule has 28 N–H and O–H groups in total. The van der Waals surface area contributed by atoms with E-state index in [4.69, 9.17) is 34.4 Å². The van der Waals surface area contributed by atoms with E-state index in [2.05, 4.69) is 63.8 Å². The standard InChI is InChI=1S/C70H125N21O19/c1-42(79-56(95)38-78-57(96)50(39-92)86-65(104)51(40-93)87-58(97)43-24-14-34-77-43)67(106)90-36-16-26-54(90)69(108)91-37-17-27-55(91)68(107)89-35-15-25-53(89)66(105)88-52(41-94)64(103)84-47(21-5-11-31-74)62(101)82-45(19-3-9-29-72)60(99)80-44(18-2-8-28-71)59(98)81-46(20-4-10-30-73)61(100)83-48(22-6-12-32-75)63(102)85-49(70(109)110)23-7-13-33-76/h42-55,77,92-94H,2-41,71-76H2,1H3,(H,78,96)(H,79,95)(H,80,99)(H,81,98)(H,82,101)(H,83,100)(H,84,103)(H,85,102)(H,86,104)(H,87,97)(H,88,105)(H,109,110)/t42-,43-,44-,45-,46-,47-,48-,49-,50-,51-,52-,53-,54-,55-/m0/s1. The molecule has 0 aromatic rings. The fourth-order valence-corrected chi connectivity index (χ4v) is 13.6. The van der Waals surface area contributed by atoms with Crippen molar-refractivity contribution >= 4 is 88.7 Å². The molecule has 0 radical (unpaired) electrons. The third kappa shape index (κ3) is 30.7. The Labute approximate surface area is 641 Å². The summed E-state index contributed by atoms with van der Waals surface area (Å²) in [7, 11) is 0. The number of carbonyl (C=O) groups excluding carboxylic acids is 14. The number of amides is 14. The van der Waals surface area contributed by atoms with E-state index in [9.17, 15) is 92.3 Å². The van der Waals surface area contributed by atoms with Crippen LogP contribution in [0.1, 0.15) is 174 Å². The number of hydrogen-bond donors (Lipinski definition) is 22. The van der Waals surface area contributed by atoms with Gasteiger partial charge in [-0.2, -0.15) is 0 Å². The topological polar surface area (TPSA) is 647 Å². The summed E-state index contributed by atoms with van der Waals surface area (Å²) < 4.78 is 0. The van der Waals surface area contributed by atoms with Crippen molar-refractivity contribution < 1.29 is 92.3 Å². The van der Waals surface area contributed by atoms with Gasteiger partial charge in [0.1, 0.15) is 78.5 Å². The number of aliphatic carboxylic acids is 1. The monoisotopic (exact) mass is 1560 g/mol. The van der Waals surface area contributed by atoms with Crippen LogP contribution in [0.15, 0.2) is 0 Å². The van der Waals surface area contributed by atoms with E-state index < -0.39 is 200 Å². The predicted octanol–water partition coefficient (Wildman–Crippen LogP) is -8.47. The van der Waals surface area contributed by atoms with Crippen LogP contribution in [0.2, 0.25) is 0 Å². The van der Waals surface area contributed by atoms with E-state index in [1.54, 1.807) is 0 Å². The summed E-state index contributed by atoms with van der Waals surface area (Å²) in [4.78, 5) is 211. The Morgan fingerprint density at radius 2 is 0.673 bits per heavy atom. The average Bonchev–Trinajstić information content (AvgIpc) is 1.62. The van der Waals surface area contributed by atoms with E-state index in [1.165, 1.54) is 21.6 Å². The lowest BCUT2D eigenvalue weighted by Crippen LogP contribution is -2.61. The normalized spacial score (nSPS) is 19.5. The minimum Gasteiger partial charge on any atom is -0.480 e. The molecule has 40 nitrogen and oxygen atoms in total. The van der Waals surface area contributed by atoms with Gasteiger partial charge in [0.15, 0.2) is 0 Å². The number of carboxylic acid groups (broad SMARTS) is 1. The van der Waals surface area contributed by atoms with Gasteiger partial charge in [-0.05, 0) is 220 Å². The molecule has 0 aromatic carbocycles. The first-order valence-electron chi connectivity index (χ1n) is 39.0. The van der Waals surface area contributed by atoms with Crippen LogP contribution in [0.25, 0.3) is 0 Å². The van der Waals surface area contributed by atoms with Crippen molar-refractivity contribution in [2.45, 2.75) is 258 Å². The molecule has 110 heavy (non-hydrogen) atoms. The molecule has 624 valence electrons. The zero-order chi connectivity index (χ0) is 81.2. The van der Waals surface area contributed by atoms with Crippen LogP contribution in [-0.2, 0) is 71.9 Å².